The molecule has 8 nitrogen and oxygen atoms in total. The number of nitrogens with one attached hydrogen (secondary N) is 1. The number of hydrogen-bond acceptors (Lipinski definition) is 6. The van der Waals surface area contributed by atoms with Gasteiger partial charge in [0.1, 0.15) is 11.2 Å². The maximum absolute atomic E-state index is 12.4. The van der Waals surface area contributed by atoms with Crippen LogP contribution in [0.25, 0.3) is 11.0 Å². The van der Waals surface area contributed by atoms with Crippen LogP contribution < -0.4 is 16.0 Å². The second-order valence-electron chi connectivity index (χ2n) is 5.44. The Balaban J connectivity index is 2.01. The number of benzene rings is 1. The lowest BCUT2D eigenvalue weighted by Gasteiger charge is -2.10. The molecule has 0 saturated carbocycles. The second-order valence-corrected chi connectivity index (χ2v) is 5.87. The highest BCUT2D eigenvalue weighted by Crippen LogP contribution is 2.27. The summed E-state index contributed by atoms with van der Waals surface area (Å²) in [6.45, 7) is 0. The SMILES string of the molecule is CN(C)c1nc(N)c2c(NC(=O)c3ccc(Cl)cc3)nn(C)c2n1. The minimum absolute atomic E-state index is 0.253. The van der Waals surface area contributed by atoms with Crippen LogP contribution >= 0.6 is 11.6 Å². The monoisotopic (exact) mass is 345 g/mol. The van der Waals surface area contributed by atoms with Crippen molar-refractivity contribution in [3.63, 3.8) is 0 Å². The van der Waals surface area contributed by atoms with Gasteiger partial charge in [-0.3, -0.25) is 4.79 Å². The molecular formula is C15H16ClN7O. The van der Waals surface area contributed by atoms with Crippen molar-refractivity contribution < 1.29 is 4.79 Å². The van der Waals surface area contributed by atoms with Crippen LogP contribution in [0.15, 0.2) is 24.3 Å². The average molecular weight is 346 g/mol. The summed E-state index contributed by atoms with van der Waals surface area (Å²) >= 11 is 5.83. The number of fused-ring (bicyclic) bond motifs is 1. The number of carbonyl (C=O) groups excluding carboxylic acids is 1. The third-order valence-corrected chi connectivity index (χ3v) is 3.69. The molecule has 0 aliphatic heterocycles. The van der Waals surface area contributed by atoms with E-state index < -0.39 is 0 Å². The van der Waals surface area contributed by atoms with Gasteiger partial charge in [-0.1, -0.05) is 11.6 Å². The average Bonchev–Trinajstić information content (AvgIpc) is 2.84. The van der Waals surface area contributed by atoms with Crippen molar-refractivity contribution in [3.8, 4) is 0 Å². The highest BCUT2D eigenvalue weighted by atomic mass is 35.5. The van der Waals surface area contributed by atoms with Crippen LogP contribution in [0, 0.1) is 0 Å². The summed E-state index contributed by atoms with van der Waals surface area (Å²) in [5.41, 5.74) is 7.04. The van der Waals surface area contributed by atoms with Gasteiger partial charge in [0.15, 0.2) is 11.5 Å². The minimum atomic E-state index is -0.317. The predicted molar refractivity (Wildman–Crippen MR) is 94.4 cm³/mol. The van der Waals surface area contributed by atoms with Crippen molar-refractivity contribution >= 4 is 46.1 Å². The van der Waals surface area contributed by atoms with Crippen LogP contribution in [0.3, 0.4) is 0 Å². The number of aryl methyl sites for hydroxylation is 1. The van der Waals surface area contributed by atoms with Crippen LogP contribution in [0.5, 0.6) is 0 Å². The van der Waals surface area contributed by atoms with Gasteiger partial charge >= 0.3 is 0 Å². The fourth-order valence-corrected chi connectivity index (χ4v) is 2.36. The van der Waals surface area contributed by atoms with Crippen molar-refractivity contribution in [3.05, 3.63) is 34.9 Å². The van der Waals surface area contributed by atoms with Crippen LogP contribution in [0.2, 0.25) is 5.02 Å². The lowest BCUT2D eigenvalue weighted by Crippen LogP contribution is -2.14. The molecule has 1 aromatic carbocycles. The summed E-state index contributed by atoms with van der Waals surface area (Å²) in [6, 6.07) is 6.56. The Labute approximate surface area is 143 Å². The minimum Gasteiger partial charge on any atom is -0.383 e. The maximum atomic E-state index is 12.4. The first-order chi connectivity index (χ1) is 11.4. The van der Waals surface area contributed by atoms with Crippen molar-refractivity contribution in [2.24, 2.45) is 7.05 Å². The molecule has 2 heterocycles. The Bertz CT molecular complexity index is 918. The molecule has 1 amide bonds. The summed E-state index contributed by atoms with van der Waals surface area (Å²) in [7, 11) is 5.37. The Kier molecular flexibility index (Phi) is 3.98. The maximum Gasteiger partial charge on any atom is 0.256 e. The van der Waals surface area contributed by atoms with Gasteiger partial charge < -0.3 is 16.0 Å². The molecule has 124 valence electrons. The molecule has 3 rings (SSSR count). The lowest BCUT2D eigenvalue weighted by atomic mass is 10.2. The Morgan fingerprint density at radius 3 is 2.54 bits per heavy atom. The topological polar surface area (TPSA) is 102 Å². The lowest BCUT2D eigenvalue weighted by molar-refractivity contribution is 0.102. The number of amides is 1. The van der Waals surface area contributed by atoms with E-state index in [1.54, 1.807) is 40.9 Å². The molecule has 24 heavy (non-hydrogen) atoms. The van der Waals surface area contributed by atoms with Crippen LogP contribution in [0.1, 0.15) is 10.4 Å². The number of aromatic nitrogens is 4. The third kappa shape index (κ3) is 2.83. The summed E-state index contributed by atoms with van der Waals surface area (Å²) in [5, 5.41) is 8.10. The quantitative estimate of drug-likeness (QED) is 0.751. The van der Waals surface area contributed by atoms with Crippen LogP contribution in [-0.4, -0.2) is 39.8 Å². The number of nitrogens with zero attached hydrogens (tertiary/aromatic N) is 5. The van der Waals surface area contributed by atoms with E-state index in [9.17, 15) is 4.79 Å². The van der Waals surface area contributed by atoms with E-state index in [-0.39, 0.29) is 11.7 Å². The first kappa shape index (κ1) is 16.0. The largest absolute Gasteiger partial charge is 0.383 e. The number of carbonyl (C=O) groups is 1. The van der Waals surface area contributed by atoms with E-state index in [0.717, 1.165) is 0 Å². The molecule has 2 aromatic heterocycles. The first-order valence-corrected chi connectivity index (χ1v) is 7.49. The molecule has 0 saturated heterocycles. The van der Waals surface area contributed by atoms with Gasteiger partial charge in [0.05, 0.1) is 0 Å². The van der Waals surface area contributed by atoms with E-state index in [1.807, 2.05) is 14.1 Å². The molecule has 3 aromatic rings. The standard InChI is InChI=1S/C15H16ClN7O/c1-22(2)15-18-11(17)10-12(21-23(3)13(10)20-15)19-14(24)8-4-6-9(16)7-5-8/h4-7H,1-3H3,(H2,17,18,20)(H,19,21,24). The van der Waals surface area contributed by atoms with Crippen molar-refractivity contribution in [2.45, 2.75) is 0 Å². The molecule has 0 spiro atoms. The Morgan fingerprint density at radius 1 is 1.25 bits per heavy atom. The van der Waals surface area contributed by atoms with Gasteiger partial charge in [-0.2, -0.15) is 15.1 Å². The van der Waals surface area contributed by atoms with Crippen molar-refractivity contribution in [1.29, 1.82) is 0 Å². The van der Waals surface area contributed by atoms with Crippen molar-refractivity contribution in [1.82, 2.24) is 19.7 Å². The van der Waals surface area contributed by atoms with Gasteiger partial charge in [-0.05, 0) is 24.3 Å². The third-order valence-electron chi connectivity index (χ3n) is 3.44. The highest BCUT2D eigenvalue weighted by Gasteiger charge is 2.18. The van der Waals surface area contributed by atoms with Crippen LogP contribution in [-0.2, 0) is 7.05 Å². The first-order valence-electron chi connectivity index (χ1n) is 7.11. The molecule has 0 fully saturated rings. The highest BCUT2D eigenvalue weighted by molar-refractivity contribution is 6.30. The van der Waals surface area contributed by atoms with E-state index in [4.69, 9.17) is 17.3 Å². The Hall–Kier alpha value is -2.87. The van der Waals surface area contributed by atoms with E-state index in [0.29, 0.717) is 33.4 Å². The number of halogens is 1. The summed E-state index contributed by atoms with van der Waals surface area (Å²) in [4.78, 5) is 22.8. The smallest absolute Gasteiger partial charge is 0.256 e. The van der Waals surface area contributed by atoms with E-state index in [1.165, 1.54) is 0 Å². The van der Waals surface area contributed by atoms with Gasteiger partial charge in [0.2, 0.25) is 5.95 Å². The number of hydrogen-bond donors (Lipinski definition) is 2. The zero-order valence-corrected chi connectivity index (χ0v) is 14.2. The predicted octanol–water partition coefficient (Wildman–Crippen LogP) is 1.92. The van der Waals surface area contributed by atoms with E-state index >= 15 is 0 Å². The molecule has 3 N–H and O–H groups in total. The second kappa shape index (κ2) is 5.97. The van der Waals surface area contributed by atoms with Gasteiger partial charge in [-0.25, -0.2) is 4.68 Å². The number of nitrogen functional groups attached to an aromatic ring is 1. The molecular weight excluding hydrogens is 330 g/mol. The fraction of sp³-hybridized carbons (Fsp3) is 0.200. The molecule has 0 aliphatic rings. The van der Waals surface area contributed by atoms with Gasteiger partial charge in [-0.15, -0.1) is 0 Å². The molecule has 0 atom stereocenters. The number of nitrogens with two attached hydrogens (primary N) is 1. The van der Waals surface area contributed by atoms with Crippen molar-refractivity contribution in [2.75, 3.05) is 30.0 Å². The van der Waals surface area contributed by atoms with Gasteiger partial charge in [0.25, 0.3) is 5.91 Å². The molecule has 0 bridgehead atoms. The Morgan fingerprint density at radius 2 is 1.92 bits per heavy atom. The molecule has 0 radical (unpaired) electrons. The molecule has 0 aliphatic carbocycles. The molecule has 9 heteroatoms. The number of anilines is 3. The summed E-state index contributed by atoms with van der Waals surface area (Å²) in [5.74, 6) is 0.722. The van der Waals surface area contributed by atoms with E-state index in [2.05, 4.69) is 20.4 Å². The zero-order valence-electron chi connectivity index (χ0n) is 13.4. The fourth-order valence-electron chi connectivity index (χ4n) is 2.23. The summed E-state index contributed by atoms with van der Waals surface area (Å²) < 4.78 is 1.55. The summed E-state index contributed by atoms with van der Waals surface area (Å²) in [6.07, 6.45) is 0. The zero-order chi connectivity index (χ0) is 17.4. The molecule has 0 unspecified atom stereocenters. The van der Waals surface area contributed by atoms with Crippen LogP contribution in [0.4, 0.5) is 17.6 Å². The normalized spacial score (nSPS) is 10.8. The number of rotatable bonds is 3. The van der Waals surface area contributed by atoms with Gasteiger partial charge in [0, 0.05) is 31.7 Å².